The molecule has 3 rings (SSSR count). The number of likely N-dealkylation sites (tertiary alicyclic amines) is 1. The maximum absolute atomic E-state index is 11.9. The molecule has 4 nitrogen and oxygen atoms in total. The van der Waals surface area contributed by atoms with Gasteiger partial charge in [0.2, 0.25) is 5.91 Å². The summed E-state index contributed by atoms with van der Waals surface area (Å²) in [6, 6.07) is 0. The first kappa shape index (κ1) is 13.0. The number of amides is 1. The Morgan fingerprint density at radius 2 is 1.63 bits per heavy atom. The van der Waals surface area contributed by atoms with Crippen LogP contribution in [0.25, 0.3) is 0 Å². The Kier molecular flexibility index (Phi) is 3.56. The predicted octanol–water partition coefficient (Wildman–Crippen LogP) is 2.78. The predicted molar refractivity (Wildman–Crippen MR) is 75.3 cm³/mol. The van der Waals surface area contributed by atoms with Crippen molar-refractivity contribution in [1.29, 1.82) is 0 Å². The summed E-state index contributed by atoms with van der Waals surface area (Å²) >= 11 is 1.80. The van der Waals surface area contributed by atoms with E-state index < -0.39 is 0 Å². The number of nitrogens with zero attached hydrogens (tertiary/aromatic N) is 3. The zero-order valence-electron chi connectivity index (χ0n) is 11.6. The molecule has 1 saturated heterocycles. The second-order valence-electron chi connectivity index (χ2n) is 6.01. The van der Waals surface area contributed by atoms with Crippen molar-refractivity contribution in [2.75, 3.05) is 13.1 Å². The summed E-state index contributed by atoms with van der Waals surface area (Å²) in [5.74, 6) is 1.61. The molecule has 1 aromatic rings. The van der Waals surface area contributed by atoms with E-state index in [-0.39, 0.29) is 11.8 Å². The summed E-state index contributed by atoms with van der Waals surface area (Å²) in [5.41, 5.74) is 0. The van der Waals surface area contributed by atoms with E-state index in [0.717, 1.165) is 25.9 Å². The van der Waals surface area contributed by atoms with E-state index in [1.165, 1.54) is 22.9 Å². The molecular formula is C14H21N3OS. The summed E-state index contributed by atoms with van der Waals surface area (Å²) in [4.78, 5) is 13.9. The lowest BCUT2D eigenvalue weighted by Crippen LogP contribution is -2.40. The van der Waals surface area contributed by atoms with E-state index >= 15 is 0 Å². The molecule has 1 aliphatic carbocycles. The average Bonchev–Trinajstić information content (AvgIpc) is 3.16. The van der Waals surface area contributed by atoms with Gasteiger partial charge in [-0.05, 0) is 25.7 Å². The van der Waals surface area contributed by atoms with Gasteiger partial charge >= 0.3 is 0 Å². The second kappa shape index (κ2) is 5.19. The van der Waals surface area contributed by atoms with Gasteiger partial charge < -0.3 is 4.90 Å². The first-order valence-corrected chi connectivity index (χ1v) is 8.09. The summed E-state index contributed by atoms with van der Waals surface area (Å²) < 4.78 is 0. The van der Waals surface area contributed by atoms with E-state index in [1.807, 2.05) is 18.7 Å². The number of hydrogen-bond donors (Lipinski definition) is 0. The van der Waals surface area contributed by atoms with E-state index in [2.05, 4.69) is 10.2 Å². The van der Waals surface area contributed by atoms with Crippen molar-refractivity contribution in [2.24, 2.45) is 5.92 Å². The Labute approximate surface area is 118 Å². The molecule has 5 heteroatoms. The SMILES string of the molecule is CC(C)C(=O)N1CCC(c2nnc(C3CC3)s2)CC1. The smallest absolute Gasteiger partial charge is 0.225 e. The third kappa shape index (κ3) is 2.81. The van der Waals surface area contributed by atoms with Crippen LogP contribution in [-0.2, 0) is 4.79 Å². The maximum Gasteiger partial charge on any atom is 0.225 e. The Morgan fingerprint density at radius 3 is 2.11 bits per heavy atom. The van der Waals surface area contributed by atoms with Crippen molar-refractivity contribution >= 4 is 17.2 Å². The van der Waals surface area contributed by atoms with E-state index in [4.69, 9.17) is 0 Å². The molecule has 2 aliphatic rings. The zero-order chi connectivity index (χ0) is 13.4. The van der Waals surface area contributed by atoms with Gasteiger partial charge in [0, 0.05) is 30.8 Å². The highest BCUT2D eigenvalue weighted by molar-refractivity contribution is 7.11. The lowest BCUT2D eigenvalue weighted by Gasteiger charge is -2.32. The molecule has 2 fully saturated rings. The molecular weight excluding hydrogens is 258 g/mol. The molecule has 0 radical (unpaired) electrons. The van der Waals surface area contributed by atoms with E-state index in [1.54, 1.807) is 11.3 Å². The van der Waals surface area contributed by atoms with Crippen LogP contribution in [0, 0.1) is 5.92 Å². The lowest BCUT2D eigenvalue weighted by molar-refractivity contribution is -0.135. The monoisotopic (exact) mass is 279 g/mol. The normalized spacial score (nSPS) is 21.1. The highest BCUT2D eigenvalue weighted by atomic mass is 32.1. The lowest BCUT2D eigenvalue weighted by atomic mass is 9.97. The molecule has 0 unspecified atom stereocenters. The molecule has 2 heterocycles. The van der Waals surface area contributed by atoms with Crippen LogP contribution in [0.1, 0.15) is 61.4 Å². The van der Waals surface area contributed by atoms with Gasteiger partial charge in [-0.3, -0.25) is 4.79 Å². The molecule has 1 aliphatic heterocycles. The van der Waals surface area contributed by atoms with Crippen LogP contribution in [0.2, 0.25) is 0 Å². The van der Waals surface area contributed by atoms with Crippen molar-refractivity contribution in [3.63, 3.8) is 0 Å². The largest absolute Gasteiger partial charge is 0.342 e. The minimum atomic E-state index is 0.111. The topological polar surface area (TPSA) is 46.1 Å². The number of rotatable bonds is 3. The average molecular weight is 279 g/mol. The quantitative estimate of drug-likeness (QED) is 0.854. The second-order valence-corrected chi connectivity index (χ2v) is 7.05. The Hall–Kier alpha value is -0.970. The fraction of sp³-hybridized carbons (Fsp3) is 0.786. The van der Waals surface area contributed by atoms with Crippen LogP contribution in [-0.4, -0.2) is 34.1 Å². The summed E-state index contributed by atoms with van der Waals surface area (Å²) in [5, 5.41) is 11.1. The summed E-state index contributed by atoms with van der Waals surface area (Å²) in [6.07, 6.45) is 4.65. The minimum absolute atomic E-state index is 0.111. The molecule has 0 spiro atoms. The number of hydrogen-bond acceptors (Lipinski definition) is 4. The van der Waals surface area contributed by atoms with E-state index in [9.17, 15) is 4.79 Å². The van der Waals surface area contributed by atoms with Gasteiger partial charge in [0.1, 0.15) is 10.0 Å². The van der Waals surface area contributed by atoms with Crippen LogP contribution in [0.5, 0.6) is 0 Å². The fourth-order valence-corrected chi connectivity index (χ4v) is 3.80. The van der Waals surface area contributed by atoms with Crippen molar-refractivity contribution in [1.82, 2.24) is 15.1 Å². The highest BCUT2D eigenvalue weighted by Crippen LogP contribution is 2.43. The number of aromatic nitrogens is 2. The van der Waals surface area contributed by atoms with Crippen LogP contribution in [0.4, 0.5) is 0 Å². The Bertz CT molecular complexity index is 459. The van der Waals surface area contributed by atoms with Gasteiger partial charge in [0.05, 0.1) is 0 Å². The Balaban J connectivity index is 1.58. The minimum Gasteiger partial charge on any atom is -0.342 e. The molecule has 0 N–H and O–H groups in total. The van der Waals surface area contributed by atoms with Gasteiger partial charge in [-0.1, -0.05) is 13.8 Å². The highest BCUT2D eigenvalue weighted by Gasteiger charge is 2.31. The molecule has 0 bridgehead atoms. The van der Waals surface area contributed by atoms with Gasteiger partial charge in [0.15, 0.2) is 0 Å². The van der Waals surface area contributed by atoms with Crippen molar-refractivity contribution in [3.05, 3.63) is 10.0 Å². The van der Waals surface area contributed by atoms with Crippen LogP contribution in [0.15, 0.2) is 0 Å². The molecule has 1 aromatic heterocycles. The van der Waals surface area contributed by atoms with Crippen LogP contribution < -0.4 is 0 Å². The maximum atomic E-state index is 11.9. The summed E-state index contributed by atoms with van der Waals surface area (Å²) in [6.45, 7) is 5.70. The summed E-state index contributed by atoms with van der Waals surface area (Å²) in [7, 11) is 0. The molecule has 104 valence electrons. The number of carbonyl (C=O) groups excluding carboxylic acids is 1. The van der Waals surface area contributed by atoms with Crippen LogP contribution >= 0.6 is 11.3 Å². The standard InChI is InChI=1S/C14H21N3OS/c1-9(2)14(18)17-7-5-11(6-8-17)13-16-15-12(19-13)10-3-4-10/h9-11H,3-8H2,1-2H3. The molecule has 0 aromatic carbocycles. The first-order chi connectivity index (χ1) is 9.15. The van der Waals surface area contributed by atoms with Crippen LogP contribution in [0.3, 0.4) is 0 Å². The zero-order valence-corrected chi connectivity index (χ0v) is 12.4. The van der Waals surface area contributed by atoms with Crippen molar-refractivity contribution < 1.29 is 4.79 Å². The first-order valence-electron chi connectivity index (χ1n) is 7.27. The van der Waals surface area contributed by atoms with E-state index in [0.29, 0.717) is 11.8 Å². The molecule has 0 atom stereocenters. The molecule has 1 amide bonds. The van der Waals surface area contributed by atoms with Gasteiger partial charge in [-0.25, -0.2) is 0 Å². The molecule has 1 saturated carbocycles. The third-order valence-corrected chi connectivity index (χ3v) is 5.28. The van der Waals surface area contributed by atoms with Gasteiger partial charge in [-0.15, -0.1) is 21.5 Å². The van der Waals surface area contributed by atoms with Gasteiger partial charge in [0.25, 0.3) is 0 Å². The molecule has 19 heavy (non-hydrogen) atoms. The van der Waals surface area contributed by atoms with Crippen molar-refractivity contribution in [2.45, 2.75) is 51.4 Å². The third-order valence-electron chi connectivity index (χ3n) is 4.03. The number of carbonyl (C=O) groups is 1. The Morgan fingerprint density at radius 1 is 1.11 bits per heavy atom. The van der Waals surface area contributed by atoms with Gasteiger partial charge in [-0.2, -0.15) is 0 Å². The fourth-order valence-electron chi connectivity index (χ4n) is 2.62. The number of piperidine rings is 1. The van der Waals surface area contributed by atoms with Crippen molar-refractivity contribution in [3.8, 4) is 0 Å².